The molecule has 0 radical (unpaired) electrons. The maximum atomic E-state index is 12.7. The van der Waals surface area contributed by atoms with Crippen LogP contribution in [0.25, 0.3) is 0 Å². The maximum absolute atomic E-state index is 12.7. The van der Waals surface area contributed by atoms with Crippen molar-refractivity contribution >= 4 is 0 Å². The first-order chi connectivity index (χ1) is 5.27. The molecule has 0 bridgehead atoms. The van der Waals surface area contributed by atoms with Gasteiger partial charge in [-0.15, -0.1) is 0 Å². The summed E-state index contributed by atoms with van der Waals surface area (Å²) < 4.78 is 73.2. The summed E-state index contributed by atoms with van der Waals surface area (Å²) in [5.74, 6) is -3.97. The topological polar surface area (TPSA) is 0 Å². The van der Waals surface area contributed by atoms with E-state index < -0.39 is 35.3 Å². The highest BCUT2D eigenvalue weighted by molar-refractivity contribution is 5.63. The SMILES string of the molecule is FC(F)=C1C2(F)CC(F)(F)C12F. The van der Waals surface area contributed by atoms with Crippen molar-refractivity contribution in [1.29, 1.82) is 0 Å². The van der Waals surface area contributed by atoms with Crippen LogP contribution in [0, 0.1) is 0 Å². The van der Waals surface area contributed by atoms with E-state index in [0.717, 1.165) is 0 Å². The highest BCUT2D eigenvalue weighted by atomic mass is 19.3. The molecule has 2 unspecified atom stereocenters. The number of alkyl halides is 4. The van der Waals surface area contributed by atoms with Crippen molar-refractivity contribution in [2.24, 2.45) is 0 Å². The van der Waals surface area contributed by atoms with Crippen LogP contribution >= 0.6 is 0 Å². The summed E-state index contributed by atoms with van der Waals surface area (Å²) in [6.07, 6.45) is -4.14. The Bertz CT molecular complexity index is 290. The highest BCUT2D eigenvalue weighted by Crippen LogP contribution is 2.80. The van der Waals surface area contributed by atoms with Crippen LogP contribution in [0.5, 0.6) is 0 Å². The summed E-state index contributed by atoms with van der Waals surface area (Å²) in [6, 6.07) is 0. The third-order valence-corrected chi connectivity index (χ3v) is 2.38. The fourth-order valence-corrected chi connectivity index (χ4v) is 1.68. The third-order valence-electron chi connectivity index (χ3n) is 2.38. The van der Waals surface area contributed by atoms with E-state index in [1.54, 1.807) is 0 Å². The highest BCUT2D eigenvalue weighted by Gasteiger charge is 2.98. The molecule has 0 N–H and O–H groups in total. The Kier molecular flexibility index (Phi) is 1.00. The molecule has 2 aliphatic rings. The molecule has 6 heteroatoms. The molecule has 0 aromatic heterocycles. The molecule has 0 nitrogen and oxygen atoms in total. The average Bonchev–Trinajstić information content (AvgIpc) is 2.24. The maximum Gasteiger partial charge on any atom is 0.292 e. The third kappa shape index (κ3) is 0.463. The Morgan fingerprint density at radius 2 is 1.58 bits per heavy atom. The van der Waals surface area contributed by atoms with E-state index in [2.05, 4.69) is 0 Å². The second-order valence-electron chi connectivity index (χ2n) is 2.98. The van der Waals surface area contributed by atoms with Gasteiger partial charge >= 0.3 is 0 Å². The van der Waals surface area contributed by atoms with E-state index in [9.17, 15) is 26.3 Å². The van der Waals surface area contributed by atoms with Gasteiger partial charge < -0.3 is 0 Å². The Labute approximate surface area is 62.9 Å². The predicted octanol–water partition coefficient (Wildman–Crippen LogP) is 2.61. The predicted molar refractivity (Wildman–Crippen MR) is 26.5 cm³/mol. The lowest BCUT2D eigenvalue weighted by molar-refractivity contribution is -0.187. The normalized spacial score (nSPS) is 48.0. The molecule has 2 aliphatic carbocycles. The van der Waals surface area contributed by atoms with Gasteiger partial charge in [0.05, 0.1) is 12.0 Å². The number of halogens is 6. The van der Waals surface area contributed by atoms with Crippen molar-refractivity contribution in [2.45, 2.75) is 23.7 Å². The Balaban J connectivity index is 2.47. The van der Waals surface area contributed by atoms with Gasteiger partial charge in [-0.2, -0.15) is 8.78 Å². The van der Waals surface area contributed by atoms with Crippen LogP contribution in [0.1, 0.15) is 6.42 Å². The fourth-order valence-electron chi connectivity index (χ4n) is 1.68. The molecule has 0 heterocycles. The van der Waals surface area contributed by atoms with Gasteiger partial charge in [0, 0.05) is 0 Å². The molecule has 2 fully saturated rings. The molecule has 0 saturated heterocycles. The van der Waals surface area contributed by atoms with Crippen LogP contribution in [0.3, 0.4) is 0 Å². The fraction of sp³-hybridized carbons (Fsp3) is 0.667. The van der Waals surface area contributed by atoms with Crippen LogP contribution in [0.2, 0.25) is 0 Å². The van der Waals surface area contributed by atoms with Crippen molar-refractivity contribution < 1.29 is 26.3 Å². The van der Waals surface area contributed by atoms with E-state index in [-0.39, 0.29) is 0 Å². The summed E-state index contributed by atoms with van der Waals surface area (Å²) in [5.41, 5.74) is -8.46. The van der Waals surface area contributed by atoms with E-state index >= 15 is 0 Å². The standard InChI is InChI=1S/C6H2F6/c7-3(8)2-4(9)1-5(10,11)6(2,4)12/h1H2. The van der Waals surface area contributed by atoms with Gasteiger partial charge in [-0.05, 0) is 0 Å². The molecule has 2 rings (SSSR count). The lowest BCUT2D eigenvalue weighted by Crippen LogP contribution is -2.51. The monoisotopic (exact) mass is 188 g/mol. The molecule has 0 aromatic rings. The van der Waals surface area contributed by atoms with Crippen LogP contribution in [-0.2, 0) is 0 Å². The zero-order valence-electron chi connectivity index (χ0n) is 5.47. The molecule has 0 spiro atoms. The van der Waals surface area contributed by atoms with Gasteiger partial charge in [-0.25, -0.2) is 17.6 Å². The second kappa shape index (κ2) is 1.52. The molecule has 0 aliphatic heterocycles. The summed E-state index contributed by atoms with van der Waals surface area (Å²) in [4.78, 5) is 0. The number of hydrogen-bond acceptors (Lipinski definition) is 0. The van der Waals surface area contributed by atoms with Crippen molar-refractivity contribution in [3.8, 4) is 0 Å². The van der Waals surface area contributed by atoms with Crippen molar-refractivity contribution in [3.05, 3.63) is 11.7 Å². The Hall–Kier alpha value is -0.680. The molecule has 0 aromatic carbocycles. The second-order valence-corrected chi connectivity index (χ2v) is 2.98. The van der Waals surface area contributed by atoms with Crippen LogP contribution in [0.15, 0.2) is 11.7 Å². The Morgan fingerprint density at radius 3 is 1.67 bits per heavy atom. The minimum Gasteiger partial charge on any atom is -0.234 e. The van der Waals surface area contributed by atoms with E-state index in [4.69, 9.17) is 0 Å². The van der Waals surface area contributed by atoms with Gasteiger partial charge in [0.2, 0.25) is 5.67 Å². The van der Waals surface area contributed by atoms with E-state index in [1.165, 1.54) is 0 Å². The Morgan fingerprint density at radius 1 is 1.08 bits per heavy atom. The van der Waals surface area contributed by atoms with Crippen molar-refractivity contribution in [3.63, 3.8) is 0 Å². The van der Waals surface area contributed by atoms with E-state index in [1.807, 2.05) is 0 Å². The largest absolute Gasteiger partial charge is 0.292 e. The first-order valence-electron chi connectivity index (χ1n) is 3.09. The minimum atomic E-state index is -3.97. The smallest absolute Gasteiger partial charge is 0.234 e. The molecular weight excluding hydrogens is 186 g/mol. The molecular formula is C6H2F6. The lowest BCUT2D eigenvalue weighted by atomic mass is 9.90. The van der Waals surface area contributed by atoms with Crippen LogP contribution in [0.4, 0.5) is 26.3 Å². The van der Waals surface area contributed by atoms with Gasteiger partial charge in [0.1, 0.15) is 0 Å². The van der Waals surface area contributed by atoms with Gasteiger partial charge in [0.15, 0.2) is 5.67 Å². The molecule has 2 atom stereocenters. The van der Waals surface area contributed by atoms with Crippen molar-refractivity contribution in [1.82, 2.24) is 0 Å². The first-order valence-corrected chi connectivity index (χ1v) is 3.09. The number of hydrogen-bond donors (Lipinski definition) is 0. The van der Waals surface area contributed by atoms with E-state index in [0.29, 0.717) is 0 Å². The molecule has 68 valence electrons. The first kappa shape index (κ1) is 7.94. The zero-order chi connectivity index (χ0) is 9.36. The van der Waals surface area contributed by atoms with Gasteiger partial charge in [-0.1, -0.05) is 0 Å². The molecule has 12 heavy (non-hydrogen) atoms. The minimum absolute atomic E-state index is 1.47. The molecule has 2 saturated carbocycles. The zero-order valence-corrected chi connectivity index (χ0v) is 5.47. The van der Waals surface area contributed by atoms with Crippen LogP contribution < -0.4 is 0 Å². The number of fused-ring (bicyclic) bond motifs is 1. The average molecular weight is 188 g/mol. The summed E-state index contributed by atoms with van der Waals surface area (Å²) in [6.45, 7) is 0. The lowest BCUT2D eigenvalue weighted by Gasteiger charge is -2.31. The summed E-state index contributed by atoms with van der Waals surface area (Å²) in [7, 11) is 0. The molecule has 0 amide bonds. The number of allylic oxidation sites excluding steroid dienone is 1. The van der Waals surface area contributed by atoms with Crippen molar-refractivity contribution in [2.75, 3.05) is 0 Å². The van der Waals surface area contributed by atoms with Crippen LogP contribution in [-0.4, -0.2) is 17.3 Å². The summed E-state index contributed by atoms with van der Waals surface area (Å²) in [5, 5.41) is 0. The van der Waals surface area contributed by atoms with Gasteiger partial charge in [-0.3, -0.25) is 0 Å². The van der Waals surface area contributed by atoms with Gasteiger partial charge in [0.25, 0.3) is 12.0 Å². The summed E-state index contributed by atoms with van der Waals surface area (Å²) >= 11 is 0. The quantitative estimate of drug-likeness (QED) is 0.512. The number of rotatable bonds is 0.